The Kier molecular flexibility index (Phi) is 4.15. The molecular formula is C10H15NO6S. The van der Waals surface area contributed by atoms with E-state index in [2.05, 4.69) is 4.72 Å². The zero-order valence-electron chi connectivity index (χ0n) is 10.2. The van der Waals surface area contributed by atoms with Crippen LogP contribution in [0, 0.1) is 13.8 Å². The largest absolute Gasteiger partial charge is 0.478 e. The van der Waals surface area contributed by atoms with E-state index in [4.69, 9.17) is 14.6 Å². The van der Waals surface area contributed by atoms with E-state index < -0.39 is 27.0 Å². The summed E-state index contributed by atoms with van der Waals surface area (Å²) in [6, 6.07) is 0. The number of carbonyl (C=O) groups is 1. The lowest BCUT2D eigenvalue weighted by molar-refractivity contribution is 0.0691. The van der Waals surface area contributed by atoms with E-state index in [-0.39, 0.29) is 23.6 Å². The van der Waals surface area contributed by atoms with Crippen LogP contribution in [0.15, 0.2) is 9.31 Å². The van der Waals surface area contributed by atoms with E-state index in [1.54, 1.807) is 0 Å². The van der Waals surface area contributed by atoms with Gasteiger partial charge in [-0.2, -0.15) is 0 Å². The second-order valence-corrected chi connectivity index (χ2v) is 5.63. The van der Waals surface area contributed by atoms with Crippen molar-refractivity contribution in [3.05, 3.63) is 17.1 Å². The maximum Gasteiger partial charge on any atom is 0.340 e. The van der Waals surface area contributed by atoms with Crippen LogP contribution in [0.5, 0.6) is 0 Å². The van der Waals surface area contributed by atoms with Gasteiger partial charge in [0, 0.05) is 6.54 Å². The molecule has 1 aromatic rings. The second-order valence-electron chi connectivity index (χ2n) is 3.92. The minimum atomic E-state index is -4.03. The Morgan fingerprint density at radius 2 is 1.94 bits per heavy atom. The number of carboxylic acids is 1. The highest BCUT2D eigenvalue weighted by Crippen LogP contribution is 2.26. The molecule has 0 amide bonds. The van der Waals surface area contributed by atoms with Gasteiger partial charge in [0.05, 0.1) is 6.10 Å². The van der Waals surface area contributed by atoms with Crippen LogP contribution in [0.1, 0.15) is 28.8 Å². The lowest BCUT2D eigenvalue weighted by atomic mass is 10.2. The van der Waals surface area contributed by atoms with Crippen molar-refractivity contribution in [1.29, 1.82) is 0 Å². The molecule has 0 saturated heterocycles. The van der Waals surface area contributed by atoms with E-state index in [9.17, 15) is 13.2 Å². The molecule has 0 aliphatic carbocycles. The van der Waals surface area contributed by atoms with Crippen LogP contribution in [-0.2, 0) is 10.0 Å². The number of sulfonamides is 1. The fraction of sp³-hybridized carbons (Fsp3) is 0.500. The van der Waals surface area contributed by atoms with Crippen molar-refractivity contribution in [3.8, 4) is 0 Å². The molecule has 0 aliphatic rings. The number of hydrogen-bond donors (Lipinski definition) is 3. The van der Waals surface area contributed by atoms with Gasteiger partial charge in [-0.1, -0.05) is 0 Å². The summed E-state index contributed by atoms with van der Waals surface area (Å²) < 4.78 is 31.1. The summed E-state index contributed by atoms with van der Waals surface area (Å²) in [6.45, 7) is 3.96. The second kappa shape index (κ2) is 5.09. The zero-order valence-corrected chi connectivity index (χ0v) is 11.0. The zero-order chi connectivity index (χ0) is 14.1. The SMILES string of the molecule is Cc1oc(C)c(S(=O)(=O)NC[C@H](C)O)c1C(=O)O. The van der Waals surface area contributed by atoms with Crippen LogP contribution >= 0.6 is 0 Å². The molecule has 8 heteroatoms. The van der Waals surface area contributed by atoms with Crippen LogP contribution in [0.3, 0.4) is 0 Å². The van der Waals surface area contributed by atoms with Crippen LogP contribution < -0.4 is 4.72 Å². The molecule has 1 aromatic heterocycles. The Labute approximate surface area is 104 Å². The van der Waals surface area contributed by atoms with Gasteiger partial charge in [-0.25, -0.2) is 17.9 Å². The van der Waals surface area contributed by atoms with Crippen molar-refractivity contribution in [2.75, 3.05) is 6.54 Å². The Balaban J connectivity index is 3.28. The fourth-order valence-electron chi connectivity index (χ4n) is 1.54. The summed E-state index contributed by atoms with van der Waals surface area (Å²) in [5.41, 5.74) is -0.384. The van der Waals surface area contributed by atoms with Crippen LogP contribution in [0.4, 0.5) is 0 Å². The maximum atomic E-state index is 12.0. The molecule has 1 heterocycles. The lowest BCUT2D eigenvalue weighted by Crippen LogP contribution is -2.31. The summed E-state index contributed by atoms with van der Waals surface area (Å²) in [7, 11) is -4.03. The van der Waals surface area contributed by atoms with E-state index in [1.165, 1.54) is 20.8 Å². The number of aliphatic hydroxyl groups excluding tert-OH is 1. The highest BCUT2D eigenvalue weighted by molar-refractivity contribution is 7.89. The molecule has 0 unspecified atom stereocenters. The third-order valence-corrected chi connectivity index (χ3v) is 3.83. The van der Waals surface area contributed by atoms with E-state index in [0.717, 1.165) is 0 Å². The van der Waals surface area contributed by atoms with Gasteiger partial charge in [0.1, 0.15) is 22.0 Å². The molecule has 102 valence electrons. The van der Waals surface area contributed by atoms with Crippen molar-refractivity contribution >= 4 is 16.0 Å². The minimum absolute atomic E-state index is 0.00277. The van der Waals surface area contributed by atoms with Crippen molar-refractivity contribution in [3.63, 3.8) is 0 Å². The van der Waals surface area contributed by atoms with Crippen LogP contribution in [0.25, 0.3) is 0 Å². The summed E-state index contributed by atoms with van der Waals surface area (Å²) >= 11 is 0. The molecule has 0 fully saturated rings. The Hall–Kier alpha value is -1.38. The number of aromatic carboxylic acids is 1. The first-order valence-corrected chi connectivity index (χ1v) is 6.66. The number of carboxylic acid groups (broad SMARTS) is 1. The first-order valence-electron chi connectivity index (χ1n) is 5.17. The fourth-order valence-corrected chi connectivity index (χ4v) is 3.06. The molecule has 0 saturated carbocycles. The first kappa shape index (κ1) is 14.7. The summed E-state index contributed by atoms with van der Waals surface area (Å²) in [5.74, 6) is -1.35. The average molecular weight is 277 g/mol. The van der Waals surface area contributed by atoms with E-state index >= 15 is 0 Å². The van der Waals surface area contributed by atoms with Gasteiger partial charge in [-0.05, 0) is 20.8 Å². The lowest BCUT2D eigenvalue weighted by Gasteiger charge is -2.08. The number of hydrogen-bond acceptors (Lipinski definition) is 5. The number of aryl methyl sites for hydroxylation is 2. The molecular weight excluding hydrogens is 262 g/mol. The minimum Gasteiger partial charge on any atom is -0.478 e. The summed E-state index contributed by atoms with van der Waals surface area (Å²) in [6.07, 6.45) is -0.874. The van der Waals surface area contributed by atoms with Gasteiger partial charge >= 0.3 is 5.97 Å². The van der Waals surface area contributed by atoms with Crippen LogP contribution in [0.2, 0.25) is 0 Å². The molecule has 0 aromatic carbocycles. The molecule has 3 N–H and O–H groups in total. The number of aliphatic hydroxyl groups is 1. The van der Waals surface area contributed by atoms with Gasteiger partial charge in [0.2, 0.25) is 10.0 Å². The topological polar surface area (TPSA) is 117 Å². The standard InChI is InChI=1S/C10H15NO6S/c1-5(12)4-11-18(15,16)9-7(3)17-6(2)8(9)10(13)14/h5,11-12H,4H2,1-3H3,(H,13,14)/t5-/m0/s1. The predicted octanol–water partition coefficient (Wildman–Crippen LogP) is 0.254. The van der Waals surface area contributed by atoms with Crippen molar-refractivity contribution in [1.82, 2.24) is 4.72 Å². The molecule has 0 aliphatic heterocycles. The molecule has 18 heavy (non-hydrogen) atoms. The molecule has 0 spiro atoms. The Bertz CT molecular complexity index is 557. The molecule has 7 nitrogen and oxygen atoms in total. The summed E-state index contributed by atoms with van der Waals surface area (Å²) in [4.78, 5) is 10.6. The third-order valence-electron chi connectivity index (χ3n) is 2.26. The molecule has 0 radical (unpaired) electrons. The smallest absolute Gasteiger partial charge is 0.340 e. The van der Waals surface area contributed by atoms with E-state index in [0.29, 0.717) is 0 Å². The van der Waals surface area contributed by atoms with E-state index in [1.807, 2.05) is 0 Å². The Morgan fingerprint density at radius 1 is 1.39 bits per heavy atom. The highest BCUT2D eigenvalue weighted by atomic mass is 32.2. The molecule has 0 bridgehead atoms. The number of rotatable bonds is 5. The molecule has 1 atom stereocenters. The number of furan rings is 1. The maximum absolute atomic E-state index is 12.0. The first-order chi connectivity index (χ1) is 8.16. The van der Waals surface area contributed by atoms with Gasteiger partial charge in [0.25, 0.3) is 0 Å². The normalized spacial score (nSPS) is 13.6. The predicted molar refractivity (Wildman–Crippen MR) is 62.0 cm³/mol. The summed E-state index contributed by atoms with van der Waals surface area (Å²) in [5, 5.41) is 18.0. The van der Waals surface area contributed by atoms with Crippen molar-refractivity contribution < 1.29 is 27.8 Å². The van der Waals surface area contributed by atoms with Crippen molar-refractivity contribution in [2.24, 2.45) is 0 Å². The number of nitrogens with one attached hydrogen (secondary N) is 1. The Morgan fingerprint density at radius 3 is 2.39 bits per heavy atom. The van der Waals surface area contributed by atoms with Gasteiger partial charge in [-0.3, -0.25) is 0 Å². The quantitative estimate of drug-likeness (QED) is 0.710. The average Bonchev–Trinajstić information content (AvgIpc) is 2.51. The highest BCUT2D eigenvalue weighted by Gasteiger charge is 2.30. The van der Waals surface area contributed by atoms with Crippen LogP contribution in [-0.4, -0.2) is 37.2 Å². The van der Waals surface area contributed by atoms with Crippen molar-refractivity contribution in [2.45, 2.75) is 31.8 Å². The monoisotopic (exact) mass is 277 g/mol. The van der Waals surface area contributed by atoms with Gasteiger partial charge in [-0.15, -0.1) is 0 Å². The third kappa shape index (κ3) is 2.89. The van der Waals surface area contributed by atoms with Gasteiger partial charge < -0.3 is 14.6 Å². The van der Waals surface area contributed by atoms with Gasteiger partial charge in [0.15, 0.2) is 0 Å². The molecule has 1 rings (SSSR count).